The fraction of sp³-hybridized carbons (Fsp3) is 0. The molecule has 0 N–H and O–H groups in total. The third-order valence-electron chi connectivity index (χ3n) is 9.91. The fourth-order valence-electron chi connectivity index (χ4n) is 7.61. The van der Waals surface area contributed by atoms with Crippen molar-refractivity contribution >= 4 is 65.8 Å². The zero-order valence-electron chi connectivity index (χ0n) is 27.1. The molecule has 0 radical (unpaired) electrons. The Morgan fingerprint density at radius 3 is 1.65 bits per heavy atom. The largest absolute Gasteiger partial charge is 0.434 e. The Hall–Kier alpha value is -7.12. The van der Waals surface area contributed by atoms with Crippen LogP contribution in [0.1, 0.15) is 0 Å². The Kier molecular flexibility index (Phi) is 5.83. The molecular weight excluding hydrogens is 629 g/mol. The topological polar surface area (TPSA) is 74.6 Å². The number of aromatic nitrogens is 6. The van der Waals surface area contributed by atoms with Crippen molar-refractivity contribution in [1.82, 2.24) is 29.3 Å². The molecule has 0 spiro atoms. The van der Waals surface area contributed by atoms with E-state index < -0.39 is 0 Å². The number of rotatable bonds is 4. The maximum Gasteiger partial charge on any atom is 0.266 e. The highest BCUT2D eigenvalue weighted by molar-refractivity contribution is 6.12. The lowest BCUT2D eigenvalue weighted by Gasteiger charge is -2.08. The van der Waals surface area contributed by atoms with Gasteiger partial charge in [-0.1, -0.05) is 78.9 Å². The molecule has 7 nitrogen and oxygen atoms in total. The van der Waals surface area contributed by atoms with Gasteiger partial charge < -0.3 is 13.6 Å². The quantitative estimate of drug-likeness (QED) is 0.189. The van der Waals surface area contributed by atoms with Crippen LogP contribution in [0.5, 0.6) is 0 Å². The van der Waals surface area contributed by atoms with E-state index in [4.69, 9.17) is 14.4 Å². The SMILES string of the molecule is c1ccc(-n2c3ccccc3c3cc(-c4cc5c(cn4)oc4nnc(-c6ccc7c(c6)c6ccccc6n7-c6ccccc6)nc45)ccc32)cc1. The lowest BCUT2D eigenvalue weighted by atomic mass is 10.1. The number of para-hydroxylation sites is 4. The molecule has 0 amide bonds. The van der Waals surface area contributed by atoms with Gasteiger partial charge in [0.25, 0.3) is 5.71 Å². The number of benzene rings is 6. The minimum Gasteiger partial charge on any atom is -0.434 e. The van der Waals surface area contributed by atoms with Crippen molar-refractivity contribution in [2.45, 2.75) is 0 Å². The van der Waals surface area contributed by atoms with Crippen molar-refractivity contribution in [2.24, 2.45) is 0 Å². The number of fused-ring (bicyclic) bond motifs is 9. The lowest BCUT2D eigenvalue weighted by molar-refractivity contribution is 0.642. The molecule has 11 aromatic rings. The number of furan rings is 1. The van der Waals surface area contributed by atoms with Gasteiger partial charge in [-0.3, -0.25) is 4.98 Å². The van der Waals surface area contributed by atoms with Crippen LogP contribution < -0.4 is 0 Å². The monoisotopic (exact) mass is 654 g/mol. The van der Waals surface area contributed by atoms with E-state index in [-0.39, 0.29) is 0 Å². The van der Waals surface area contributed by atoms with Crippen LogP contribution in [0.25, 0.3) is 99.8 Å². The van der Waals surface area contributed by atoms with Gasteiger partial charge in [-0.15, -0.1) is 10.2 Å². The fourth-order valence-corrected chi connectivity index (χ4v) is 7.61. The lowest BCUT2D eigenvalue weighted by Crippen LogP contribution is -1.94. The van der Waals surface area contributed by atoms with Crippen LogP contribution >= 0.6 is 0 Å². The van der Waals surface area contributed by atoms with E-state index >= 15 is 0 Å². The van der Waals surface area contributed by atoms with E-state index in [9.17, 15) is 0 Å². The zero-order chi connectivity index (χ0) is 33.5. The van der Waals surface area contributed by atoms with Gasteiger partial charge in [-0.25, -0.2) is 4.98 Å². The summed E-state index contributed by atoms with van der Waals surface area (Å²) in [5.74, 6) is 0.539. The molecule has 7 heteroatoms. The van der Waals surface area contributed by atoms with E-state index in [1.807, 2.05) is 18.2 Å². The van der Waals surface area contributed by atoms with E-state index in [0.717, 1.165) is 55.5 Å². The summed E-state index contributed by atoms with van der Waals surface area (Å²) in [4.78, 5) is 9.86. The molecule has 5 aromatic heterocycles. The highest BCUT2D eigenvalue weighted by Crippen LogP contribution is 2.37. The first-order valence-corrected chi connectivity index (χ1v) is 16.9. The molecule has 51 heavy (non-hydrogen) atoms. The van der Waals surface area contributed by atoms with Crippen molar-refractivity contribution in [3.63, 3.8) is 0 Å². The first kappa shape index (κ1) is 27.8. The molecular formula is C44H26N6O. The Labute approximate surface area is 290 Å². The van der Waals surface area contributed by atoms with Crippen LogP contribution in [0.4, 0.5) is 0 Å². The Morgan fingerprint density at radius 2 is 1.00 bits per heavy atom. The number of nitrogens with zero attached hydrogens (tertiary/aromatic N) is 6. The average Bonchev–Trinajstić information content (AvgIpc) is 3.85. The van der Waals surface area contributed by atoms with Gasteiger partial charge in [0, 0.05) is 44.0 Å². The van der Waals surface area contributed by atoms with E-state index in [1.54, 1.807) is 6.20 Å². The van der Waals surface area contributed by atoms with Gasteiger partial charge in [-0.2, -0.15) is 0 Å². The Bertz CT molecular complexity index is 2930. The zero-order valence-corrected chi connectivity index (χ0v) is 27.1. The van der Waals surface area contributed by atoms with Crippen molar-refractivity contribution in [3.8, 4) is 34.0 Å². The normalized spacial score (nSPS) is 11.9. The molecule has 0 fully saturated rings. The molecule has 5 heterocycles. The van der Waals surface area contributed by atoms with Crippen LogP contribution in [-0.2, 0) is 0 Å². The molecule has 0 saturated heterocycles. The molecule has 6 aromatic carbocycles. The number of pyridine rings is 1. The Morgan fingerprint density at radius 1 is 0.451 bits per heavy atom. The van der Waals surface area contributed by atoms with Gasteiger partial charge >= 0.3 is 0 Å². The molecule has 0 unspecified atom stereocenters. The van der Waals surface area contributed by atoms with Crippen LogP contribution in [0.15, 0.2) is 162 Å². The first-order valence-electron chi connectivity index (χ1n) is 16.9. The van der Waals surface area contributed by atoms with Gasteiger partial charge in [0.05, 0.1) is 39.3 Å². The smallest absolute Gasteiger partial charge is 0.266 e. The van der Waals surface area contributed by atoms with E-state index in [0.29, 0.717) is 22.6 Å². The highest BCUT2D eigenvalue weighted by atomic mass is 16.3. The Balaban J connectivity index is 1.04. The first-order chi connectivity index (χ1) is 25.3. The van der Waals surface area contributed by atoms with Crippen molar-refractivity contribution in [2.75, 3.05) is 0 Å². The molecule has 0 bridgehead atoms. The summed E-state index contributed by atoms with van der Waals surface area (Å²) in [7, 11) is 0. The van der Waals surface area contributed by atoms with Gasteiger partial charge in [0.1, 0.15) is 5.52 Å². The van der Waals surface area contributed by atoms with Gasteiger partial charge in [-0.05, 0) is 72.8 Å². The molecule has 238 valence electrons. The third-order valence-corrected chi connectivity index (χ3v) is 9.91. The summed E-state index contributed by atoms with van der Waals surface area (Å²) in [5.41, 5.74) is 11.2. The minimum atomic E-state index is 0.385. The summed E-state index contributed by atoms with van der Waals surface area (Å²) in [6.45, 7) is 0. The molecule has 0 saturated carbocycles. The summed E-state index contributed by atoms with van der Waals surface area (Å²) in [6, 6.07) is 52.9. The minimum absolute atomic E-state index is 0.385. The highest BCUT2D eigenvalue weighted by Gasteiger charge is 2.18. The third kappa shape index (κ3) is 4.18. The van der Waals surface area contributed by atoms with Gasteiger partial charge in [0.2, 0.25) is 0 Å². The van der Waals surface area contributed by atoms with Crippen LogP contribution in [0, 0.1) is 0 Å². The molecule has 11 rings (SSSR count). The second kappa shape index (κ2) is 10.7. The van der Waals surface area contributed by atoms with E-state index in [2.05, 4.69) is 153 Å². The van der Waals surface area contributed by atoms with Crippen LogP contribution in [-0.4, -0.2) is 29.3 Å². The molecule has 0 aliphatic rings. The molecule has 0 aliphatic heterocycles. The van der Waals surface area contributed by atoms with Crippen molar-refractivity contribution in [1.29, 1.82) is 0 Å². The number of hydrogen-bond acceptors (Lipinski definition) is 5. The summed E-state index contributed by atoms with van der Waals surface area (Å²) >= 11 is 0. The average molecular weight is 655 g/mol. The predicted molar refractivity (Wildman–Crippen MR) is 204 cm³/mol. The van der Waals surface area contributed by atoms with E-state index in [1.165, 1.54) is 21.7 Å². The molecule has 0 atom stereocenters. The maximum atomic E-state index is 6.09. The predicted octanol–water partition coefficient (Wildman–Crippen LogP) is 10.7. The second-order valence-electron chi connectivity index (χ2n) is 12.8. The maximum absolute atomic E-state index is 6.09. The van der Waals surface area contributed by atoms with Gasteiger partial charge in [0.15, 0.2) is 11.4 Å². The van der Waals surface area contributed by atoms with Crippen LogP contribution in [0.3, 0.4) is 0 Å². The molecule has 0 aliphatic carbocycles. The summed E-state index contributed by atoms with van der Waals surface area (Å²) in [6.07, 6.45) is 1.76. The van der Waals surface area contributed by atoms with Crippen molar-refractivity contribution < 1.29 is 4.42 Å². The standard InChI is InChI=1S/C44H26N6O/c1-3-11-29(12-4-1)49-37-17-9-7-15-31(37)33-23-27(19-21-39(33)49)36-25-35-41(26-45-36)51-44-42(35)46-43(47-48-44)28-20-22-40-34(24-28)32-16-8-10-18-38(32)50(40)30-13-5-2-6-14-30/h1-26H. The second-order valence-corrected chi connectivity index (χ2v) is 12.8. The summed E-state index contributed by atoms with van der Waals surface area (Å²) < 4.78 is 10.7. The van der Waals surface area contributed by atoms with Crippen molar-refractivity contribution in [3.05, 3.63) is 158 Å². The number of hydrogen-bond donors (Lipinski definition) is 0. The summed E-state index contributed by atoms with van der Waals surface area (Å²) in [5, 5.41) is 14.5. The van der Waals surface area contributed by atoms with Crippen LogP contribution in [0.2, 0.25) is 0 Å².